The van der Waals surface area contributed by atoms with Crippen molar-refractivity contribution in [1.29, 1.82) is 5.26 Å². The lowest BCUT2D eigenvalue weighted by Crippen LogP contribution is -2.01. The first-order valence-corrected chi connectivity index (χ1v) is 5.78. The van der Waals surface area contributed by atoms with Gasteiger partial charge in [0.05, 0.1) is 12.2 Å². The summed E-state index contributed by atoms with van der Waals surface area (Å²) in [7, 11) is 0. The lowest BCUT2D eigenvalue weighted by atomic mass is 10.2. The van der Waals surface area contributed by atoms with E-state index in [0.29, 0.717) is 17.0 Å². The summed E-state index contributed by atoms with van der Waals surface area (Å²) in [6, 6.07) is 7.60. The van der Waals surface area contributed by atoms with Crippen molar-refractivity contribution in [3.63, 3.8) is 0 Å². The predicted octanol–water partition coefficient (Wildman–Crippen LogP) is 2.91. The molecule has 0 bridgehead atoms. The summed E-state index contributed by atoms with van der Waals surface area (Å²) >= 11 is 0. The Morgan fingerprint density at radius 3 is 2.90 bits per heavy atom. The Labute approximate surface area is 114 Å². The van der Waals surface area contributed by atoms with Crippen molar-refractivity contribution < 1.29 is 18.7 Å². The number of aryl methyl sites for hydroxylation is 1. The first-order valence-electron chi connectivity index (χ1n) is 5.78. The Morgan fingerprint density at radius 2 is 2.30 bits per heavy atom. The van der Waals surface area contributed by atoms with Gasteiger partial charge in [-0.1, -0.05) is 6.07 Å². The standard InChI is InChI=1S/C14H11FN2O3/c1-8-5-9(20-13(8)14(18)19)7-17-12-4-2-3-11(15)10(12)6-16/h2-5,17H,7H2,1H3,(H,18,19). The fourth-order valence-corrected chi connectivity index (χ4v) is 1.81. The van der Waals surface area contributed by atoms with Gasteiger partial charge in [-0.3, -0.25) is 0 Å². The van der Waals surface area contributed by atoms with E-state index in [-0.39, 0.29) is 17.9 Å². The maximum atomic E-state index is 13.4. The first kappa shape index (κ1) is 13.6. The molecule has 0 aliphatic heterocycles. The van der Waals surface area contributed by atoms with Crippen LogP contribution < -0.4 is 5.32 Å². The fraction of sp³-hybridized carbons (Fsp3) is 0.143. The largest absolute Gasteiger partial charge is 0.475 e. The van der Waals surface area contributed by atoms with E-state index in [1.165, 1.54) is 12.1 Å². The number of rotatable bonds is 4. The highest BCUT2D eigenvalue weighted by Gasteiger charge is 2.14. The molecule has 0 amide bonds. The Kier molecular flexibility index (Phi) is 3.71. The van der Waals surface area contributed by atoms with Gasteiger partial charge in [0.15, 0.2) is 0 Å². The van der Waals surface area contributed by atoms with Crippen LogP contribution in [-0.4, -0.2) is 11.1 Å². The average Bonchev–Trinajstić information content (AvgIpc) is 2.78. The highest BCUT2D eigenvalue weighted by molar-refractivity contribution is 5.86. The van der Waals surface area contributed by atoms with E-state index in [0.717, 1.165) is 0 Å². The Balaban J connectivity index is 2.18. The number of carboxylic acids is 1. The van der Waals surface area contributed by atoms with E-state index < -0.39 is 11.8 Å². The predicted molar refractivity (Wildman–Crippen MR) is 68.8 cm³/mol. The lowest BCUT2D eigenvalue weighted by Gasteiger charge is -2.06. The van der Waals surface area contributed by atoms with Crippen molar-refractivity contribution in [3.8, 4) is 6.07 Å². The molecule has 20 heavy (non-hydrogen) atoms. The summed E-state index contributed by atoms with van der Waals surface area (Å²) in [6.07, 6.45) is 0. The van der Waals surface area contributed by atoms with Gasteiger partial charge < -0.3 is 14.8 Å². The summed E-state index contributed by atoms with van der Waals surface area (Å²) in [6.45, 7) is 1.78. The normalized spacial score (nSPS) is 10.1. The molecule has 0 atom stereocenters. The van der Waals surface area contributed by atoms with Gasteiger partial charge in [0.1, 0.15) is 23.2 Å². The van der Waals surface area contributed by atoms with E-state index in [1.807, 2.05) is 0 Å². The number of anilines is 1. The molecule has 5 nitrogen and oxygen atoms in total. The Bertz CT molecular complexity index is 701. The second kappa shape index (κ2) is 5.45. The SMILES string of the molecule is Cc1cc(CNc2cccc(F)c2C#N)oc1C(=O)O. The number of carbonyl (C=O) groups is 1. The zero-order valence-corrected chi connectivity index (χ0v) is 10.6. The van der Waals surface area contributed by atoms with Crippen LogP contribution in [0.4, 0.5) is 10.1 Å². The number of nitriles is 1. The number of nitrogens with one attached hydrogen (secondary N) is 1. The molecular weight excluding hydrogens is 263 g/mol. The Morgan fingerprint density at radius 1 is 1.55 bits per heavy atom. The number of carboxylic acid groups (broad SMARTS) is 1. The van der Waals surface area contributed by atoms with E-state index in [4.69, 9.17) is 14.8 Å². The Hall–Kier alpha value is -2.81. The van der Waals surface area contributed by atoms with Crippen molar-refractivity contribution in [2.45, 2.75) is 13.5 Å². The zero-order valence-electron chi connectivity index (χ0n) is 10.6. The number of furan rings is 1. The van der Waals surface area contributed by atoms with Crippen LogP contribution in [0.3, 0.4) is 0 Å². The molecule has 2 rings (SSSR count). The van der Waals surface area contributed by atoms with Gasteiger partial charge in [0.25, 0.3) is 0 Å². The molecular formula is C14H11FN2O3. The third-order valence-corrected chi connectivity index (χ3v) is 2.74. The molecule has 0 saturated heterocycles. The quantitative estimate of drug-likeness (QED) is 0.895. The number of hydrogen-bond acceptors (Lipinski definition) is 4. The number of hydrogen-bond donors (Lipinski definition) is 2. The molecule has 2 aromatic rings. The summed E-state index contributed by atoms with van der Waals surface area (Å²) < 4.78 is 18.5. The molecule has 0 aliphatic carbocycles. The van der Waals surface area contributed by atoms with Crippen molar-refractivity contribution in [1.82, 2.24) is 0 Å². The molecule has 1 heterocycles. The van der Waals surface area contributed by atoms with Crippen LogP contribution >= 0.6 is 0 Å². The van der Waals surface area contributed by atoms with Gasteiger partial charge in [0.2, 0.25) is 5.76 Å². The number of aromatic carboxylic acids is 1. The van der Waals surface area contributed by atoms with Crippen LogP contribution in [0, 0.1) is 24.1 Å². The second-order valence-electron chi connectivity index (χ2n) is 4.16. The van der Waals surface area contributed by atoms with E-state index in [9.17, 15) is 9.18 Å². The van der Waals surface area contributed by atoms with Crippen molar-refractivity contribution in [2.24, 2.45) is 0 Å². The molecule has 0 radical (unpaired) electrons. The van der Waals surface area contributed by atoms with Crippen molar-refractivity contribution in [2.75, 3.05) is 5.32 Å². The van der Waals surface area contributed by atoms with E-state index >= 15 is 0 Å². The number of halogens is 1. The molecule has 0 saturated carbocycles. The van der Waals surface area contributed by atoms with Crippen LogP contribution in [0.25, 0.3) is 0 Å². The molecule has 1 aromatic carbocycles. The maximum absolute atomic E-state index is 13.4. The summed E-state index contributed by atoms with van der Waals surface area (Å²) in [5.41, 5.74) is 0.752. The van der Waals surface area contributed by atoms with Crippen LogP contribution in [0.2, 0.25) is 0 Å². The number of nitrogens with zero attached hydrogens (tertiary/aromatic N) is 1. The summed E-state index contributed by atoms with van der Waals surface area (Å²) in [5, 5.41) is 20.6. The van der Waals surface area contributed by atoms with Crippen LogP contribution in [0.15, 0.2) is 28.7 Å². The lowest BCUT2D eigenvalue weighted by molar-refractivity contribution is 0.0659. The minimum absolute atomic E-state index is 0.0887. The molecule has 0 spiro atoms. The topological polar surface area (TPSA) is 86.3 Å². The maximum Gasteiger partial charge on any atom is 0.372 e. The second-order valence-corrected chi connectivity index (χ2v) is 4.16. The van der Waals surface area contributed by atoms with Crippen LogP contribution in [0.5, 0.6) is 0 Å². The molecule has 0 aliphatic rings. The van der Waals surface area contributed by atoms with Crippen LogP contribution in [-0.2, 0) is 6.54 Å². The molecule has 6 heteroatoms. The van der Waals surface area contributed by atoms with Gasteiger partial charge in [-0.2, -0.15) is 5.26 Å². The molecule has 0 fully saturated rings. The monoisotopic (exact) mass is 274 g/mol. The zero-order chi connectivity index (χ0) is 14.7. The third kappa shape index (κ3) is 2.62. The minimum Gasteiger partial charge on any atom is -0.475 e. The van der Waals surface area contributed by atoms with Gasteiger partial charge in [0, 0.05) is 5.56 Å². The molecule has 1 aromatic heterocycles. The van der Waals surface area contributed by atoms with Crippen molar-refractivity contribution >= 4 is 11.7 Å². The third-order valence-electron chi connectivity index (χ3n) is 2.74. The summed E-state index contributed by atoms with van der Waals surface area (Å²) in [4.78, 5) is 10.8. The number of benzene rings is 1. The van der Waals surface area contributed by atoms with E-state index in [1.54, 1.807) is 25.1 Å². The molecule has 2 N–H and O–H groups in total. The highest BCUT2D eigenvalue weighted by atomic mass is 19.1. The smallest absolute Gasteiger partial charge is 0.372 e. The van der Waals surface area contributed by atoms with Crippen LogP contribution in [0.1, 0.15) is 27.4 Å². The summed E-state index contributed by atoms with van der Waals surface area (Å²) in [5.74, 6) is -1.48. The van der Waals surface area contributed by atoms with Gasteiger partial charge in [-0.25, -0.2) is 9.18 Å². The van der Waals surface area contributed by atoms with Gasteiger partial charge in [-0.05, 0) is 25.1 Å². The highest BCUT2D eigenvalue weighted by Crippen LogP contribution is 2.20. The van der Waals surface area contributed by atoms with Crippen molar-refractivity contribution in [3.05, 3.63) is 52.7 Å². The van der Waals surface area contributed by atoms with E-state index in [2.05, 4.69) is 5.32 Å². The first-order chi connectivity index (χ1) is 9.52. The minimum atomic E-state index is -1.14. The molecule has 0 unspecified atom stereocenters. The van der Waals surface area contributed by atoms with Gasteiger partial charge in [-0.15, -0.1) is 0 Å². The molecule has 102 valence electrons. The fourth-order valence-electron chi connectivity index (χ4n) is 1.81. The van der Waals surface area contributed by atoms with Gasteiger partial charge >= 0.3 is 5.97 Å². The average molecular weight is 274 g/mol.